The van der Waals surface area contributed by atoms with Crippen molar-refractivity contribution in [1.82, 2.24) is 0 Å². The van der Waals surface area contributed by atoms with Gasteiger partial charge in [0.15, 0.2) is 0 Å². The third-order valence-electron chi connectivity index (χ3n) is 6.43. The zero-order valence-corrected chi connectivity index (χ0v) is 22.5. The highest BCUT2D eigenvalue weighted by Gasteiger charge is 2.34. The third-order valence-corrected chi connectivity index (χ3v) is 7.56. The van der Waals surface area contributed by atoms with E-state index < -0.39 is 21.6 Å². The molecule has 0 atom stereocenters. The molecule has 0 unspecified atom stereocenters. The molecule has 3 aromatic carbocycles. The van der Waals surface area contributed by atoms with E-state index in [9.17, 15) is 27.8 Å². The van der Waals surface area contributed by atoms with E-state index in [1.807, 2.05) is 0 Å². The summed E-state index contributed by atoms with van der Waals surface area (Å²) < 4.78 is 51.7. The lowest BCUT2D eigenvalue weighted by Gasteiger charge is -2.30. The van der Waals surface area contributed by atoms with Crippen molar-refractivity contribution >= 4 is 32.6 Å². The molecule has 8 nitrogen and oxygen atoms in total. The highest BCUT2D eigenvalue weighted by molar-refractivity contribution is 7.92. The molecule has 2 N–H and O–H groups in total. The van der Waals surface area contributed by atoms with E-state index >= 15 is 0 Å². The quantitative estimate of drug-likeness (QED) is 0.256. The summed E-state index contributed by atoms with van der Waals surface area (Å²) in [6.45, 7) is 2.88. The van der Waals surface area contributed by atoms with Crippen LogP contribution in [0.15, 0.2) is 65.1 Å². The van der Waals surface area contributed by atoms with Gasteiger partial charge >= 0.3 is 5.97 Å². The van der Waals surface area contributed by atoms with Gasteiger partial charge in [0, 0.05) is 17.0 Å². The van der Waals surface area contributed by atoms with Gasteiger partial charge in [-0.05, 0) is 92.8 Å². The number of anilines is 1. The van der Waals surface area contributed by atoms with E-state index in [4.69, 9.17) is 9.15 Å². The topological polar surface area (TPSA) is 117 Å². The van der Waals surface area contributed by atoms with E-state index in [2.05, 4.69) is 0 Å². The van der Waals surface area contributed by atoms with Gasteiger partial charge in [0.05, 0.1) is 24.1 Å². The fourth-order valence-corrected chi connectivity index (χ4v) is 5.61. The predicted molar refractivity (Wildman–Crippen MR) is 146 cm³/mol. The molecule has 1 fully saturated rings. The Kier molecular flexibility index (Phi) is 6.64. The summed E-state index contributed by atoms with van der Waals surface area (Å²) in [5.41, 5.74) is 0.444. The lowest BCUT2D eigenvalue weighted by molar-refractivity contribution is 0.0698. The molecule has 204 valence electrons. The van der Waals surface area contributed by atoms with Gasteiger partial charge in [0.1, 0.15) is 34.2 Å². The van der Waals surface area contributed by atoms with Crippen LogP contribution in [0.5, 0.6) is 11.5 Å². The van der Waals surface area contributed by atoms with E-state index in [0.29, 0.717) is 33.7 Å². The maximum absolute atomic E-state index is 13.2. The molecule has 1 saturated carbocycles. The van der Waals surface area contributed by atoms with Gasteiger partial charge in [0.2, 0.25) is 10.0 Å². The number of carboxylic acid groups (broad SMARTS) is 1. The van der Waals surface area contributed by atoms with E-state index in [1.165, 1.54) is 38.1 Å². The summed E-state index contributed by atoms with van der Waals surface area (Å²) in [5, 5.41) is 20.9. The van der Waals surface area contributed by atoms with Crippen molar-refractivity contribution < 1.29 is 37.0 Å². The van der Waals surface area contributed by atoms with Gasteiger partial charge in [-0.3, -0.25) is 4.31 Å². The Morgan fingerprint density at radius 1 is 1.08 bits per heavy atom. The molecule has 0 aliphatic heterocycles. The van der Waals surface area contributed by atoms with Gasteiger partial charge in [-0.1, -0.05) is 0 Å². The molecule has 0 spiro atoms. The van der Waals surface area contributed by atoms with Crippen molar-refractivity contribution in [3.05, 3.63) is 77.6 Å². The number of halogens is 1. The third kappa shape index (κ3) is 5.76. The van der Waals surface area contributed by atoms with Crippen LogP contribution in [-0.2, 0) is 10.0 Å². The highest BCUT2D eigenvalue weighted by Crippen LogP contribution is 2.48. The van der Waals surface area contributed by atoms with Crippen LogP contribution in [0, 0.1) is 5.82 Å². The van der Waals surface area contributed by atoms with Crippen LogP contribution >= 0.6 is 0 Å². The molecule has 1 aliphatic rings. The maximum atomic E-state index is 13.2. The minimum Gasteiger partial charge on any atom is -0.478 e. The molecule has 39 heavy (non-hydrogen) atoms. The van der Waals surface area contributed by atoms with Gasteiger partial charge < -0.3 is 19.4 Å². The van der Waals surface area contributed by atoms with Crippen molar-refractivity contribution in [3.8, 4) is 22.8 Å². The number of nitrogens with zero attached hydrogens (tertiary/aromatic N) is 1. The number of carboxylic acids is 1. The largest absolute Gasteiger partial charge is 0.478 e. The SMILES string of the molecule is CC(C)(O)CN(c1cc2oc(-c3ccc(Oc4ccc(F)cc4)cc3)c(C(=O)O)c2cc1C1CC1)S(C)(=O)=O. The number of ether oxygens (including phenoxy) is 1. The second-order valence-electron chi connectivity index (χ2n) is 10.5. The Hall–Kier alpha value is -3.89. The predicted octanol–water partition coefficient (Wildman–Crippen LogP) is 6.14. The summed E-state index contributed by atoms with van der Waals surface area (Å²) in [4.78, 5) is 12.4. The molecular formula is C29H28FNO7S. The van der Waals surface area contributed by atoms with Gasteiger partial charge in [-0.25, -0.2) is 17.6 Å². The minimum atomic E-state index is -3.77. The molecule has 0 radical (unpaired) electrons. The van der Waals surface area contributed by atoms with Crippen LogP contribution in [0.4, 0.5) is 10.1 Å². The monoisotopic (exact) mass is 553 g/mol. The fraction of sp³-hybridized carbons (Fsp3) is 0.276. The van der Waals surface area contributed by atoms with Gasteiger partial charge in [-0.15, -0.1) is 0 Å². The number of hydrogen-bond donors (Lipinski definition) is 2. The van der Waals surface area contributed by atoms with Crippen LogP contribution in [0.1, 0.15) is 48.5 Å². The van der Waals surface area contributed by atoms with Crippen molar-refractivity contribution in [3.63, 3.8) is 0 Å². The normalized spacial score (nSPS) is 14.0. The second-order valence-corrected chi connectivity index (χ2v) is 12.4. The molecule has 0 saturated heterocycles. The van der Waals surface area contributed by atoms with Crippen molar-refractivity contribution in [2.24, 2.45) is 0 Å². The number of hydrogen-bond acceptors (Lipinski definition) is 6. The van der Waals surface area contributed by atoms with Crippen LogP contribution in [0.25, 0.3) is 22.3 Å². The first-order chi connectivity index (χ1) is 18.3. The van der Waals surface area contributed by atoms with Crippen LogP contribution in [-0.4, -0.2) is 43.0 Å². The Labute approximate surface area is 225 Å². The number of aliphatic hydroxyl groups is 1. The lowest BCUT2D eigenvalue weighted by atomic mass is 10.0. The van der Waals surface area contributed by atoms with E-state index in [1.54, 1.807) is 36.4 Å². The Morgan fingerprint density at radius 2 is 1.67 bits per heavy atom. The highest BCUT2D eigenvalue weighted by atomic mass is 32.2. The fourth-order valence-electron chi connectivity index (χ4n) is 4.55. The Bertz CT molecular complexity index is 1650. The summed E-state index contributed by atoms with van der Waals surface area (Å²) >= 11 is 0. The second kappa shape index (κ2) is 9.69. The Balaban J connectivity index is 1.60. The summed E-state index contributed by atoms with van der Waals surface area (Å²) in [6, 6.07) is 15.4. The summed E-state index contributed by atoms with van der Waals surface area (Å²) in [7, 11) is -3.77. The van der Waals surface area contributed by atoms with Gasteiger partial charge in [0.25, 0.3) is 0 Å². The lowest BCUT2D eigenvalue weighted by Crippen LogP contribution is -2.42. The van der Waals surface area contributed by atoms with Gasteiger partial charge in [-0.2, -0.15) is 0 Å². The molecule has 5 rings (SSSR count). The standard InChI is InChI=1S/C29H28FNO7S/c1-29(2,34)16-31(39(3,35)36)24-15-25-23(14-22(24)17-4-5-17)26(28(32)33)27(38-25)18-6-10-20(11-7-18)37-21-12-8-19(30)9-13-21/h6-15,17,34H,4-5,16H2,1-3H3,(H,32,33). The molecule has 10 heteroatoms. The first-order valence-electron chi connectivity index (χ1n) is 12.4. The number of rotatable bonds is 9. The minimum absolute atomic E-state index is 0.0287. The van der Waals surface area contributed by atoms with E-state index in [0.717, 1.165) is 23.4 Å². The molecule has 1 aliphatic carbocycles. The maximum Gasteiger partial charge on any atom is 0.340 e. The molecule has 1 heterocycles. The van der Waals surface area contributed by atoms with Crippen LogP contribution in [0.2, 0.25) is 0 Å². The average Bonchev–Trinajstić information content (AvgIpc) is 3.62. The number of aromatic carboxylic acids is 1. The van der Waals surface area contributed by atoms with Crippen molar-refractivity contribution in [2.45, 2.75) is 38.2 Å². The van der Waals surface area contributed by atoms with E-state index in [-0.39, 0.29) is 35.2 Å². The molecule has 0 bridgehead atoms. The molecule has 4 aromatic rings. The summed E-state index contributed by atoms with van der Waals surface area (Å²) in [5.74, 6) is -0.442. The van der Waals surface area contributed by atoms with Crippen LogP contribution < -0.4 is 9.04 Å². The number of fused-ring (bicyclic) bond motifs is 1. The molecule has 1 aromatic heterocycles. The number of benzene rings is 3. The summed E-state index contributed by atoms with van der Waals surface area (Å²) in [6.07, 6.45) is 2.77. The van der Waals surface area contributed by atoms with Crippen LogP contribution in [0.3, 0.4) is 0 Å². The first-order valence-corrected chi connectivity index (χ1v) is 14.2. The average molecular weight is 554 g/mol. The number of furan rings is 1. The zero-order valence-electron chi connectivity index (χ0n) is 21.6. The van der Waals surface area contributed by atoms with Crippen molar-refractivity contribution in [2.75, 3.05) is 17.1 Å². The van der Waals surface area contributed by atoms with Crippen molar-refractivity contribution in [1.29, 1.82) is 0 Å². The molecule has 0 amide bonds. The Morgan fingerprint density at radius 3 is 2.18 bits per heavy atom. The zero-order chi connectivity index (χ0) is 28.1. The first kappa shape index (κ1) is 26.7. The molecular weight excluding hydrogens is 525 g/mol. The number of sulfonamides is 1. The smallest absolute Gasteiger partial charge is 0.340 e. The number of carbonyl (C=O) groups is 1.